The number of carbonyl (C=O) groups is 4. The Morgan fingerprint density at radius 1 is 1.12 bits per heavy atom. The van der Waals surface area contributed by atoms with Gasteiger partial charge >= 0.3 is 5.97 Å². The molecule has 0 radical (unpaired) electrons. The second-order valence-electron chi connectivity index (χ2n) is 14.2. The van der Waals surface area contributed by atoms with Crippen LogP contribution in [0.3, 0.4) is 0 Å². The van der Waals surface area contributed by atoms with Crippen molar-refractivity contribution < 1.29 is 38.5 Å². The summed E-state index contributed by atoms with van der Waals surface area (Å²) in [6, 6.07) is 0. The fourth-order valence-corrected chi connectivity index (χ4v) is 9.84. The molecule has 4 fully saturated rings. The number of allylic oxidation sites excluding steroid dienone is 4. The van der Waals surface area contributed by atoms with Gasteiger partial charge in [-0.3, -0.25) is 19.2 Å². The van der Waals surface area contributed by atoms with E-state index in [1.54, 1.807) is 26.8 Å². The van der Waals surface area contributed by atoms with Crippen LogP contribution in [0.5, 0.6) is 0 Å². The Kier molecular flexibility index (Phi) is 7.54. The first-order valence-corrected chi connectivity index (χ1v) is 15.4. The Labute approximate surface area is 242 Å². The van der Waals surface area contributed by atoms with Crippen LogP contribution >= 0.6 is 0 Å². The summed E-state index contributed by atoms with van der Waals surface area (Å²) in [7, 11) is 0. The Morgan fingerprint density at radius 2 is 1.80 bits per heavy atom. The third-order valence-corrected chi connectivity index (χ3v) is 12.2. The van der Waals surface area contributed by atoms with Crippen molar-refractivity contribution in [1.29, 1.82) is 0 Å². The number of hydrogen-bond acceptors (Lipinski definition) is 7. The number of aliphatic hydroxyl groups is 2. The van der Waals surface area contributed by atoms with E-state index in [9.17, 15) is 29.4 Å². The monoisotopic (exact) mass is 572 g/mol. The molecule has 0 aromatic heterocycles. The van der Waals surface area contributed by atoms with Gasteiger partial charge in [-0.25, -0.2) is 4.39 Å². The number of aliphatic hydroxyl groups excluding tert-OH is 1. The normalized spacial score (nSPS) is 42.6. The Bertz CT molecular complexity index is 1200. The number of alkyl halides is 1. The van der Waals surface area contributed by atoms with E-state index >= 15 is 4.39 Å². The van der Waals surface area contributed by atoms with Gasteiger partial charge in [-0.15, -0.1) is 0 Å². The maximum Gasteiger partial charge on any atom is 0.306 e. The van der Waals surface area contributed by atoms with Crippen LogP contribution < -0.4 is 0 Å². The zero-order chi connectivity index (χ0) is 30.0. The molecule has 4 saturated carbocycles. The number of fused-ring (bicyclic) bond motifs is 5. The number of halogens is 1. The van der Waals surface area contributed by atoms with Crippen molar-refractivity contribution >= 4 is 23.3 Å². The van der Waals surface area contributed by atoms with Crippen LogP contribution in [0.15, 0.2) is 23.8 Å². The third kappa shape index (κ3) is 4.33. The summed E-state index contributed by atoms with van der Waals surface area (Å²) in [5.74, 6) is -2.80. The van der Waals surface area contributed by atoms with Crippen LogP contribution in [0.2, 0.25) is 0 Å². The molecule has 0 heterocycles. The molecule has 0 spiro atoms. The zero-order valence-corrected chi connectivity index (χ0v) is 24.8. The molecule has 0 bridgehead atoms. The standard InChI is InChI=1S/C33H45FO7/c1-5-22(35)16-31(11-6-7-12-31)18-28(39)41-19-27(38)33(40)20(2)14-25-24-9-8-21-15-23(36)10-13-29(21,3)32(24,34)26(37)17-30(25,33)4/h10,13,15,20,24-26,37,40H,5-9,11-12,14,16-19H2,1-4H3/t20-,24+,25+,26+,29+,30+,32+,33+/m1/s1. The van der Waals surface area contributed by atoms with E-state index in [2.05, 4.69) is 0 Å². The van der Waals surface area contributed by atoms with Gasteiger partial charge in [0.25, 0.3) is 0 Å². The highest BCUT2D eigenvalue weighted by Gasteiger charge is 2.75. The van der Waals surface area contributed by atoms with Crippen LogP contribution in [-0.2, 0) is 23.9 Å². The van der Waals surface area contributed by atoms with Crippen molar-refractivity contribution in [2.24, 2.45) is 34.0 Å². The van der Waals surface area contributed by atoms with E-state index < -0.39 is 63.8 Å². The van der Waals surface area contributed by atoms with Gasteiger partial charge in [0, 0.05) is 29.6 Å². The molecule has 5 aliphatic rings. The van der Waals surface area contributed by atoms with Gasteiger partial charge in [-0.2, -0.15) is 0 Å². The highest BCUT2D eigenvalue weighted by Crippen LogP contribution is 2.70. The van der Waals surface area contributed by atoms with E-state index in [0.29, 0.717) is 37.7 Å². The number of carbonyl (C=O) groups excluding carboxylic acids is 4. The predicted octanol–water partition coefficient (Wildman–Crippen LogP) is 4.77. The second-order valence-corrected chi connectivity index (χ2v) is 14.2. The molecule has 8 heteroatoms. The molecule has 0 unspecified atom stereocenters. The summed E-state index contributed by atoms with van der Waals surface area (Å²) in [4.78, 5) is 50.9. The number of Topliss-reactive ketones (excluding diaryl/α,β-unsaturated/α-hetero) is 2. The molecule has 2 N–H and O–H groups in total. The molecule has 5 rings (SSSR count). The minimum atomic E-state index is -2.05. The fraction of sp³-hybridized carbons (Fsp3) is 0.758. The van der Waals surface area contributed by atoms with E-state index in [1.165, 1.54) is 12.2 Å². The molecule has 41 heavy (non-hydrogen) atoms. The minimum absolute atomic E-state index is 0.0650. The first-order chi connectivity index (χ1) is 19.2. The average Bonchev–Trinajstić information content (AvgIpc) is 3.45. The predicted molar refractivity (Wildman–Crippen MR) is 149 cm³/mol. The average molecular weight is 573 g/mol. The summed E-state index contributed by atoms with van der Waals surface area (Å²) in [5, 5.41) is 23.6. The summed E-state index contributed by atoms with van der Waals surface area (Å²) >= 11 is 0. The lowest BCUT2D eigenvalue weighted by Gasteiger charge is -2.62. The minimum Gasteiger partial charge on any atom is -0.458 e. The summed E-state index contributed by atoms with van der Waals surface area (Å²) < 4.78 is 22.8. The number of rotatable bonds is 8. The Hall–Kier alpha value is -2.19. The van der Waals surface area contributed by atoms with Crippen LogP contribution in [0.25, 0.3) is 0 Å². The topological polar surface area (TPSA) is 118 Å². The molecule has 226 valence electrons. The molecule has 0 amide bonds. The lowest BCUT2D eigenvalue weighted by molar-refractivity contribution is -0.220. The van der Waals surface area contributed by atoms with Gasteiger partial charge in [0.1, 0.15) is 11.4 Å². The van der Waals surface area contributed by atoms with Gasteiger partial charge in [0.05, 0.1) is 12.5 Å². The number of hydrogen-bond donors (Lipinski definition) is 2. The lowest BCUT2D eigenvalue weighted by atomic mass is 9.44. The van der Waals surface area contributed by atoms with Gasteiger partial charge in [0.15, 0.2) is 18.1 Å². The van der Waals surface area contributed by atoms with Crippen molar-refractivity contribution in [3.63, 3.8) is 0 Å². The van der Waals surface area contributed by atoms with Crippen molar-refractivity contribution in [1.82, 2.24) is 0 Å². The van der Waals surface area contributed by atoms with Gasteiger partial charge in [0.2, 0.25) is 5.78 Å². The van der Waals surface area contributed by atoms with Crippen LogP contribution in [0, 0.1) is 34.0 Å². The van der Waals surface area contributed by atoms with E-state index in [-0.39, 0.29) is 30.3 Å². The summed E-state index contributed by atoms with van der Waals surface area (Å²) in [6.07, 6.45) is 8.39. The molecule has 0 aromatic carbocycles. The molecule has 0 saturated heterocycles. The highest BCUT2D eigenvalue weighted by molar-refractivity contribution is 6.01. The second kappa shape index (κ2) is 10.2. The molecule has 0 aliphatic heterocycles. The number of ketones is 3. The summed E-state index contributed by atoms with van der Waals surface area (Å²) in [6.45, 7) is 6.48. The van der Waals surface area contributed by atoms with E-state index in [0.717, 1.165) is 25.7 Å². The van der Waals surface area contributed by atoms with Crippen molar-refractivity contribution in [3.05, 3.63) is 23.8 Å². The van der Waals surface area contributed by atoms with E-state index in [4.69, 9.17) is 4.74 Å². The Balaban J connectivity index is 1.34. The smallest absolute Gasteiger partial charge is 0.306 e. The molecular weight excluding hydrogens is 527 g/mol. The highest BCUT2D eigenvalue weighted by atomic mass is 19.1. The quantitative estimate of drug-likeness (QED) is 0.403. The van der Waals surface area contributed by atoms with Crippen molar-refractivity contribution in [2.75, 3.05) is 6.61 Å². The van der Waals surface area contributed by atoms with Crippen LogP contribution in [-0.4, -0.2) is 57.5 Å². The first-order valence-electron chi connectivity index (χ1n) is 15.4. The van der Waals surface area contributed by atoms with Crippen LogP contribution in [0.1, 0.15) is 98.3 Å². The molecule has 0 aromatic rings. The largest absolute Gasteiger partial charge is 0.458 e. The summed E-state index contributed by atoms with van der Waals surface area (Å²) in [5.41, 5.74) is -5.98. The number of ether oxygens (including phenoxy) is 1. The van der Waals surface area contributed by atoms with Crippen molar-refractivity contribution in [2.45, 2.75) is 116 Å². The van der Waals surface area contributed by atoms with Gasteiger partial charge in [-0.1, -0.05) is 45.3 Å². The fourth-order valence-electron chi connectivity index (χ4n) is 9.84. The van der Waals surface area contributed by atoms with Gasteiger partial charge < -0.3 is 14.9 Å². The zero-order valence-electron chi connectivity index (χ0n) is 24.8. The van der Waals surface area contributed by atoms with Crippen LogP contribution in [0.4, 0.5) is 4.39 Å². The molecule has 8 atom stereocenters. The van der Waals surface area contributed by atoms with Crippen molar-refractivity contribution in [3.8, 4) is 0 Å². The lowest BCUT2D eigenvalue weighted by Crippen LogP contribution is -2.69. The Morgan fingerprint density at radius 3 is 2.46 bits per heavy atom. The third-order valence-electron chi connectivity index (χ3n) is 12.2. The molecular formula is C33H45FO7. The maximum atomic E-state index is 17.3. The molecule has 5 aliphatic carbocycles. The van der Waals surface area contributed by atoms with Gasteiger partial charge in [-0.05, 0) is 74.9 Å². The van der Waals surface area contributed by atoms with E-state index in [1.807, 2.05) is 6.92 Å². The maximum absolute atomic E-state index is 17.3. The molecule has 7 nitrogen and oxygen atoms in total. The SMILES string of the molecule is CCC(=O)CC1(CC(=O)OCC(=O)[C@@]2(O)[C@H](C)C[C@H]3[C@@H]4CCC5=CC(=O)C=C[C@]5(C)[C@@]4(F)[C@@H](O)C[C@@]32C)CCCC1. The number of esters is 1. The first kappa shape index (κ1) is 30.3.